The highest BCUT2D eigenvalue weighted by molar-refractivity contribution is 7.17. The zero-order valence-corrected chi connectivity index (χ0v) is 11.6. The van der Waals surface area contributed by atoms with Crippen molar-refractivity contribution in [1.82, 2.24) is 0 Å². The van der Waals surface area contributed by atoms with Crippen LogP contribution in [0.1, 0.15) is 11.1 Å². The van der Waals surface area contributed by atoms with Crippen LogP contribution in [0.3, 0.4) is 0 Å². The molecule has 0 saturated heterocycles. The van der Waals surface area contributed by atoms with E-state index in [0.29, 0.717) is 0 Å². The number of aryl methyl sites for hydroxylation is 1. The third-order valence-electron chi connectivity index (χ3n) is 3.31. The Bertz CT molecular complexity index is 716. The van der Waals surface area contributed by atoms with Gasteiger partial charge in [-0.15, -0.1) is 11.3 Å². The molecule has 3 N–H and O–H groups in total. The van der Waals surface area contributed by atoms with Crippen LogP contribution in [0.2, 0.25) is 0 Å². The molecule has 2 aromatic carbocycles. The van der Waals surface area contributed by atoms with Crippen LogP contribution in [-0.4, -0.2) is 0 Å². The molecule has 1 aromatic heterocycles. The number of nitrogen functional groups attached to an aromatic ring is 1. The van der Waals surface area contributed by atoms with Crippen LogP contribution in [0.15, 0.2) is 47.8 Å². The number of hydrogen-bond donors (Lipinski definition) is 2. The lowest BCUT2D eigenvalue weighted by atomic mass is 10.1. The smallest absolute Gasteiger partial charge is 0.0576 e. The Morgan fingerprint density at radius 2 is 1.95 bits per heavy atom. The minimum absolute atomic E-state index is 0.791. The first-order chi connectivity index (χ1) is 9.25. The summed E-state index contributed by atoms with van der Waals surface area (Å²) in [4.78, 5) is 0. The SMILES string of the molecule is Cc1cccc2scc(CNc3ccccc3N)c12. The third kappa shape index (κ3) is 2.29. The molecule has 3 aromatic rings. The Hall–Kier alpha value is -2.00. The molecule has 0 unspecified atom stereocenters. The Kier molecular flexibility index (Phi) is 3.13. The number of benzene rings is 2. The molecule has 0 amide bonds. The fourth-order valence-electron chi connectivity index (χ4n) is 2.32. The number of anilines is 2. The predicted octanol–water partition coefficient (Wildman–Crippen LogP) is 4.40. The van der Waals surface area contributed by atoms with Crippen molar-refractivity contribution >= 4 is 32.8 Å². The number of nitrogens with one attached hydrogen (secondary N) is 1. The summed E-state index contributed by atoms with van der Waals surface area (Å²) in [6, 6.07) is 14.3. The van der Waals surface area contributed by atoms with E-state index in [1.165, 1.54) is 21.2 Å². The number of para-hydroxylation sites is 2. The van der Waals surface area contributed by atoms with Crippen LogP contribution in [0, 0.1) is 6.92 Å². The molecule has 0 radical (unpaired) electrons. The van der Waals surface area contributed by atoms with Crippen molar-refractivity contribution in [3.63, 3.8) is 0 Å². The highest BCUT2D eigenvalue weighted by Crippen LogP contribution is 2.29. The van der Waals surface area contributed by atoms with E-state index >= 15 is 0 Å². The standard InChI is InChI=1S/C16H16N2S/c1-11-5-4-8-15-16(11)12(10-19-15)9-18-14-7-3-2-6-13(14)17/h2-8,10,18H,9,17H2,1H3. The number of hydrogen-bond acceptors (Lipinski definition) is 3. The van der Waals surface area contributed by atoms with Crippen molar-refractivity contribution < 1.29 is 0 Å². The second-order valence-electron chi connectivity index (χ2n) is 4.65. The summed E-state index contributed by atoms with van der Waals surface area (Å²) in [7, 11) is 0. The molecule has 2 nitrogen and oxygen atoms in total. The van der Waals surface area contributed by atoms with E-state index in [-0.39, 0.29) is 0 Å². The Morgan fingerprint density at radius 3 is 2.79 bits per heavy atom. The maximum atomic E-state index is 5.94. The minimum atomic E-state index is 0.791. The normalized spacial score (nSPS) is 10.8. The lowest BCUT2D eigenvalue weighted by Crippen LogP contribution is -2.01. The van der Waals surface area contributed by atoms with Gasteiger partial charge in [0, 0.05) is 16.6 Å². The molecule has 3 heteroatoms. The summed E-state index contributed by atoms with van der Waals surface area (Å²) < 4.78 is 1.35. The van der Waals surface area contributed by atoms with Crippen molar-refractivity contribution in [1.29, 1.82) is 0 Å². The van der Waals surface area contributed by atoms with Gasteiger partial charge in [0.2, 0.25) is 0 Å². The first kappa shape index (κ1) is 12.1. The molecular weight excluding hydrogens is 252 g/mol. The molecule has 1 heterocycles. The molecule has 0 fully saturated rings. The molecule has 0 saturated carbocycles. The van der Waals surface area contributed by atoms with Crippen molar-refractivity contribution in [2.24, 2.45) is 0 Å². The van der Waals surface area contributed by atoms with E-state index < -0.39 is 0 Å². The molecule has 0 aliphatic rings. The van der Waals surface area contributed by atoms with Gasteiger partial charge in [-0.1, -0.05) is 24.3 Å². The van der Waals surface area contributed by atoms with E-state index in [1.807, 2.05) is 24.3 Å². The number of rotatable bonds is 3. The number of fused-ring (bicyclic) bond motifs is 1. The van der Waals surface area contributed by atoms with E-state index in [2.05, 4.69) is 35.8 Å². The lowest BCUT2D eigenvalue weighted by molar-refractivity contribution is 1.18. The average Bonchev–Trinajstić information content (AvgIpc) is 2.83. The van der Waals surface area contributed by atoms with Crippen LogP contribution in [-0.2, 0) is 6.54 Å². The van der Waals surface area contributed by atoms with E-state index in [9.17, 15) is 0 Å². The summed E-state index contributed by atoms with van der Waals surface area (Å²) in [6.07, 6.45) is 0. The quantitative estimate of drug-likeness (QED) is 0.691. The highest BCUT2D eigenvalue weighted by Gasteiger charge is 2.06. The topological polar surface area (TPSA) is 38.0 Å². The van der Waals surface area contributed by atoms with Gasteiger partial charge < -0.3 is 11.1 Å². The van der Waals surface area contributed by atoms with Gasteiger partial charge in [0.1, 0.15) is 0 Å². The molecular formula is C16H16N2S. The largest absolute Gasteiger partial charge is 0.397 e. The van der Waals surface area contributed by atoms with Gasteiger partial charge in [0.25, 0.3) is 0 Å². The first-order valence-electron chi connectivity index (χ1n) is 6.30. The zero-order valence-electron chi connectivity index (χ0n) is 10.8. The molecule has 0 aliphatic carbocycles. The first-order valence-corrected chi connectivity index (χ1v) is 7.18. The van der Waals surface area contributed by atoms with Gasteiger partial charge in [-0.3, -0.25) is 0 Å². The van der Waals surface area contributed by atoms with Gasteiger partial charge >= 0.3 is 0 Å². The third-order valence-corrected chi connectivity index (χ3v) is 4.31. The van der Waals surface area contributed by atoms with Gasteiger partial charge in [-0.25, -0.2) is 0 Å². The summed E-state index contributed by atoms with van der Waals surface area (Å²) in [5, 5.41) is 7.01. The van der Waals surface area contributed by atoms with Crippen LogP contribution in [0.25, 0.3) is 10.1 Å². The fraction of sp³-hybridized carbons (Fsp3) is 0.125. The summed E-state index contributed by atoms with van der Waals surface area (Å²) in [6.45, 7) is 2.97. The molecule has 0 atom stereocenters. The monoisotopic (exact) mass is 268 g/mol. The summed E-state index contributed by atoms with van der Waals surface area (Å²) in [5.41, 5.74) is 10.4. The second-order valence-corrected chi connectivity index (χ2v) is 5.56. The zero-order chi connectivity index (χ0) is 13.2. The summed E-state index contributed by atoms with van der Waals surface area (Å²) in [5.74, 6) is 0. The van der Waals surface area contributed by atoms with E-state index in [0.717, 1.165) is 17.9 Å². The fourth-order valence-corrected chi connectivity index (χ4v) is 3.36. The molecule has 3 rings (SSSR count). The Labute approximate surface area is 116 Å². The van der Waals surface area contributed by atoms with Crippen molar-refractivity contribution in [3.8, 4) is 0 Å². The van der Waals surface area contributed by atoms with Crippen molar-refractivity contribution in [2.45, 2.75) is 13.5 Å². The second kappa shape index (κ2) is 4.94. The van der Waals surface area contributed by atoms with Crippen molar-refractivity contribution in [2.75, 3.05) is 11.1 Å². The minimum Gasteiger partial charge on any atom is -0.397 e. The molecule has 0 aliphatic heterocycles. The Balaban J connectivity index is 1.89. The number of nitrogens with two attached hydrogens (primary N) is 1. The Morgan fingerprint density at radius 1 is 1.11 bits per heavy atom. The lowest BCUT2D eigenvalue weighted by Gasteiger charge is -2.09. The molecule has 19 heavy (non-hydrogen) atoms. The van der Waals surface area contributed by atoms with Gasteiger partial charge in [-0.05, 0) is 41.6 Å². The van der Waals surface area contributed by atoms with Gasteiger partial charge in [0.05, 0.1) is 11.4 Å². The maximum absolute atomic E-state index is 5.94. The molecule has 0 spiro atoms. The van der Waals surface area contributed by atoms with Crippen molar-refractivity contribution in [3.05, 3.63) is 59.0 Å². The average molecular weight is 268 g/mol. The summed E-state index contributed by atoms with van der Waals surface area (Å²) >= 11 is 1.80. The van der Waals surface area contributed by atoms with Crippen LogP contribution >= 0.6 is 11.3 Å². The molecule has 96 valence electrons. The predicted molar refractivity (Wildman–Crippen MR) is 84.7 cm³/mol. The van der Waals surface area contributed by atoms with Crippen LogP contribution < -0.4 is 11.1 Å². The van der Waals surface area contributed by atoms with Gasteiger partial charge in [0.15, 0.2) is 0 Å². The number of thiophene rings is 1. The van der Waals surface area contributed by atoms with Crippen LogP contribution in [0.4, 0.5) is 11.4 Å². The molecule has 0 bridgehead atoms. The van der Waals surface area contributed by atoms with E-state index in [4.69, 9.17) is 5.73 Å². The van der Waals surface area contributed by atoms with Crippen LogP contribution in [0.5, 0.6) is 0 Å². The maximum Gasteiger partial charge on any atom is 0.0576 e. The highest BCUT2D eigenvalue weighted by atomic mass is 32.1. The van der Waals surface area contributed by atoms with E-state index in [1.54, 1.807) is 11.3 Å². The van der Waals surface area contributed by atoms with Gasteiger partial charge in [-0.2, -0.15) is 0 Å².